The Bertz CT molecular complexity index is 1620. The van der Waals surface area contributed by atoms with Crippen LogP contribution in [0.15, 0.2) is 65.9 Å². The first-order chi connectivity index (χ1) is 21.1. The van der Waals surface area contributed by atoms with Crippen LogP contribution in [0.1, 0.15) is 24.1 Å². The molecule has 0 aromatic heterocycles. The molecule has 0 aliphatic carbocycles. The number of fused-ring (bicyclic) bond motifs is 1. The van der Waals surface area contributed by atoms with Gasteiger partial charge in [0.25, 0.3) is 5.91 Å². The molecule has 0 radical (unpaired) electrons. The van der Waals surface area contributed by atoms with Crippen LogP contribution in [-0.2, 0) is 23.9 Å². The summed E-state index contributed by atoms with van der Waals surface area (Å²) in [4.78, 5) is 79.7. The maximum atomic E-state index is 13.6. The number of thioether (sulfide) groups is 1. The number of hydrogen-bond acceptors (Lipinski definition) is 9. The number of β-lactam (4-membered cyclic amide) rings is 1. The van der Waals surface area contributed by atoms with Gasteiger partial charge in [-0.2, -0.15) is 5.26 Å². The molecule has 0 spiro atoms. The minimum atomic E-state index is -1.37. The second-order valence-electron chi connectivity index (χ2n) is 9.97. The molecule has 2 aromatic rings. The minimum Gasteiger partial charge on any atom is -0.477 e. The molecular weight excluding hydrogens is 592 g/mol. The second kappa shape index (κ2) is 12.5. The molecule has 0 saturated carbocycles. The van der Waals surface area contributed by atoms with Crippen molar-refractivity contribution in [2.75, 3.05) is 30.3 Å². The van der Waals surface area contributed by atoms with E-state index in [4.69, 9.17) is 4.74 Å². The molecule has 6 amide bonds. The summed E-state index contributed by atoms with van der Waals surface area (Å²) in [6.07, 6.45) is 0. The number of nitriles is 1. The molecule has 226 valence electrons. The fourth-order valence-corrected chi connectivity index (χ4v) is 6.40. The summed E-state index contributed by atoms with van der Waals surface area (Å²) in [5.74, 6) is -3.22. The third-order valence-electron chi connectivity index (χ3n) is 7.20. The number of benzene rings is 2. The van der Waals surface area contributed by atoms with Crippen LogP contribution in [0.4, 0.5) is 15.3 Å². The molecule has 1 unspecified atom stereocenters. The third kappa shape index (κ3) is 5.79. The Labute approximate surface area is 255 Å². The summed E-state index contributed by atoms with van der Waals surface area (Å²) in [5.41, 5.74) is 1.15. The van der Waals surface area contributed by atoms with E-state index in [0.717, 1.165) is 9.80 Å². The number of carbonyl (C=O) groups is 6. The van der Waals surface area contributed by atoms with Gasteiger partial charge in [0.1, 0.15) is 29.8 Å². The van der Waals surface area contributed by atoms with Crippen molar-refractivity contribution in [2.45, 2.75) is 24.4 Å². The summed E-state index contributed by atoms with van der Waals surface area (Å²) >= 11 is 1.20. The van der Waals surface area contributed by atoms with Crippen LogP contribution in [-0.4, -0.2) is 87.6 Å². The van der Waals surface area contributed by atoms with E-state index in [1.807, 2.05) is 6.07 Å². The number of carboxylic acids is 1. The smallest absolute Gasteiger partial charge is 0.352 e. The summed E-state index contributed by atoms with van der Waals surface area (Å²) in [6, 6.07) is 12.8. The van der Waals surface area contributed by atoms with Gasteiger partial charge in [-0.3, -0.25) is 24.2 Å². The molecule has 3 aliphatic rings. The molecule has 3 heterocycles. The van der Waals surface area contributed by atoms with Gasteiger partial charge in [-0.1, -0.05) is 36.4 Å². The van der Waals surface area contributed by atoms with E-state index >= 15 is 0 Å². The summed E-state index contributed by atoms with van der Waals surface area (Å²) in [5, 5.41) is 23.5. The van der Waals surface area contributed by atoms with Crippen LogP contribution >= 0.6 is 11.8 Å². The average Bonchev–Trinajstić information content (AvgIpc) is 3.42. The summed E-state index contributed by atoms with van der Waals surface area (Å²) in [7, 11) is 0. The Morgan fingerprint density at radius 1 is 1.11 bits per heavy atom. The molecule has 2 aromatic carbocycles. The van der Waals surface area contributed by atoms with Crippen LogP contribution in [0, 0.1) is 11.3 Å². The van der Waals surface area contributed by atoms with E-state index in [2.05, 4.69) is 10.6 Å². The second-order valence-corrected chi connectivity index (χ2v) is 11.1. The van der Waals surface area contributed by atoms with Crippen LogP contribution in [0.25, 0.3) is 0 Å². The maximum Gasteiger partial charge on any atom is 0.352 e. The standard InChI is InChI=1S/C29H26N6O8S/c1-16(36)43-14-19-15-44-26-22(25(38)35(26)23(19)27(39)40)31-24(37)21(18-7-3-2-4-8-18)32-28(41)34-11-10-33(29(34)42)20-9-5-6-17(12-20)13-30/h2-9,12,21-22,26H,10-11,14-15H2,1H3,(H,31,37)(H,32,41)(H,39,40)/t21-,22?,26-/m1/s1. The number of anilines is 1. The number of nitrogens with zero attached hydrogens (tertiary/aromatic N) is 4. The Hall–Kier alpha value is -5.36. The van der Waals surface area contributed by atoms with Gasteiger partial charge >= 0.3 is 24.0 Å². The fourth-order valence-electron chi connectivity index (χ4n) is 5.08. The molecule has 2 fully saturated rings. The van der Waals surface area contributed by atoms with Crippen LogP contribution < -0.4 is 15.5 Å². The fraction of sp³-hybridized carbons (Fsp3) is 0.276. The van der Waals surface area contributed by atoms with Crippen LogP contribution in [0.3, 0.4) is 0 Å². The van der Waals surface area contributed by atoms with E-state index in [0.29, 0.717) is 16.8 Å². The Balaban J connectivity index is 1.31. The van der Waals surface area contributed by atoms with E-state index < -0.39 is 53.3 Å². The van der Waals surface area contributed by atoms with Crippen molar-refractivity contribution >= 4 is 53.3 Å². The highest BCUT2D eigenvalue weighted by Crippen LogP contribution is 2.40. The van der Waals surface area contributed by atoms with Crippen molar-refractivity contribution < 1.29 is 38.6 Å². The maximum absolute atomic E-state index is 13.6. The number of carbonyl (C=O) groups excluding carboxylic acids is 5. The van der Waals surface area contributed by atoms with Gasteiger partial charge in [-0.05, 0) is 23.8 Å². The van der Waals surface area contributed by atoms with Gasteiger partial charge in [0.05, 0.1) is 18.2 Å². The number of nitrogens with one attached hydrogen (secondary N) is 2. The third-order valence-corrected chi connectivity index (χ3v) is 8.54. The molecule has 0 bridgehead atoms. The number of urea groups is 2. The van der Waals surface area contributed by atoms with Gasteiger partial charge in [0, 0.05) is 30.5 Å². The van der Waals surface area contributed by atoms with Gasteiger partial charge < -0.3 is 20.5 Å². The molecule has 14 nitrogen and oxygen atoms in total. The van der Waals surface area contributed by atoms with Gasteiger partial charge in [-0.15, -0.1) is 11.8 Å². The molecule has 3 atom stereocenters. The Morgan fingerprint density at radius 2 is 1.86 bits per heavy atom. The molecule has 2 saturated heterocycles. The number of aliphatic carboxylic acids is 1. The first-order valence-electron chi connectivity index (χ1n) is 13.4. The summed E-state index contributed by atoms with van der Waals surface area (Å²) < 4.78 is 4.94. The van der Waals surface area contributed by atoms with Gasteiger partial charge in [0.15, 0.2) is 0 Å². The largest absolute Gasteiger partial charge is 0.477 e. The van der Waals surface area contributed by atoms with Gasteiger partial charge in [-0.25, -0.2) is 19.3 Å². The average molecular weight is 619 g/mol. The first kappa shape index (κ1) is 30.1. The van der Waals surface area contributed by atoms with E-state index in [1.54, 1.807) is 48.5 Å². The van der Waals surface area contributed by atoms with Crippen LogP contribution in [0.2, 0.25) is 0 Å². The molecule has 5 rings (SSSR count). The molecule has 44 heavy (non-hydrogen) atoms. The van der Waals surface area contributed by atoms with Crippen molar-refractivity contribution in [1.29, 1.82) is 5.26 Å². The monoisotopic (exact) mass is 618 g/mol. The molecular formula is C29H26N6O8S. The lowest BCUT2D eigenvalue weighted by atomic mass is 10.0. The quantitative estimate of drug-likeness (QED) is 0.289. The Kier molecular flexibility index (Phi) is 8.54. The van der Waals surface area contributed by atoms with E-state index in [1.165, 1.54) is 29.7 Å². The van der Waals surface area contributed by atoms with Gasteiger partial charge in [0.2, 0.25) is 5.91 Å². The zero-order chi connectivity index (χ0) is 31.5. The zero-order valence-corrected chi connectivity index (χ0v) is 24.1. The minimum absolute atomic E-state index is 0.0271. The predicted molar refractivity (Wildman–Crippen MR) is 155 cm³/mol. The Morgan fingerprint density at radius 3 is 2.55 bits per heavy atom. The topological polar surface area (TPSA) is 189 Å². The number of rotatable bonds is 8. The summed E-state index contributed by atoms with van der Waals surface area (Å²) in [6.45, 7) is 1.11. The molecule has 15 heteroatoms. The van der Waals surface area contributed by atoms with Crippen molar-refractivity contribution in [3.05, 3.63) is 77.0 Å². The van der Waals surface area contributed by atoms with Crippen LogP contribution in [0.5, 0.6) is 0 Å². The number of esters is 1. The number of hydrogen-bond donors (Lipinski definition) is 3. The normalized spacial score (nSPS) is 19.9. The molecule has 3 aliphatic heterocycles. The number of carboxylic acid groups (broad SMARTS) is 1. The molecule has 3 N–H and O–H groups in total. The predicted octanol–water partition coefficient (Wildman–Crippen LogP) is 1.55. The van der Waals surface area contributed by atoms with Crippen molar-refractivity contribution in [2.24, 2.45) is 0 Å². The SMILES string of the molecule is CC(=O)OCC1=C(C(=O)O)N2C(=O)C(NC(=O)[C@H](NC(=O)N3CCN(c4cccc(C#N)c4)C3=O)c3ccccc3)[C@H]2SC1. The lowest BCUT2D eigenvalue weighted by Gasteiger charge is -2.49. The van der Waals surface area contributed by atoms with Crippen molar-refractivity contribution in [1.82, 2.24) is 20.4 Å². The van der Waals surface area contributed by atoms with Crippen molar-refractivity contribution in [3.8, 4) is 6.07 Å². The lowest BCUT2D eigenvalue weighted by molar-refractivity contribution is -0.151. The van der Waals surface area contributed by atoms with E-state index in [9.17, 15) is 39.1 Å². The van der Waals surface area contributed by atoms with Crippen molar-refractivity contribution in [3.63, 3.8) is 0 Å². The highest BCUT2D eigenvalue weighted by atomic mass is 32.2. The highest BCUT2D eigenvalue weighted by molar-refractivity contribution is 8.00. The number of ether oxygens (including phenoxy) is 1. The highest BCUT2D eigenvalue weighted by Gasteiger charge is 2.54. The van der Waals surface area contributed by atoms with E-state index in [-0.39, 0.29) is 36.7 Å². The zero-order valence-electron chi connectivity index (χ0n) is 23.3. The first-order valence-corrected chi connectivity index (χ1v) is 14.4. The lowest BCUT2D eigenvalue weighted by Crippen LogP contribution is -2.71. The number of imide groups is 1. The number of amides is 6.